The molecule has 108 valence electrons. The molecule has 0 aliphatic heterocycles. The zero-order chi connectivity index (χ0) is 14.7. The Morgan fingerprint density at radius 2 is 2.20 bits per heavy atom. The molecule has 0 aromatic carbocycles. The number of aryl methyl sites for hydroxylation is 1. The molecule has 5 nitrogen and oxygen atoms in total. The fourth-order valence-electron chi connectivity index (χ4n) is 1.72. The van der Waals surface area contributed by atoms with E-state index < -0.39 is 0 Å². The highest BCUT2D eigenvalue weighted by molar-refractivity contribution is 7.12. The molecule has 0 radical (unpaired) electrons. The van der Waals surface area contributed by atoms with Gasteiger partial charge in [-0.1, -0.05) is 0 Å². The maximum Gasteiger partial charge on any atom is 0.258 e. The lowest BCUT2D eigenvalue weighted by molar-refractivity contribution is 0.0945. The first-order chi connectivity index (χ1) is 9.47. The average Bonchev–Trinajstić information content (AvgIpc) is 2.92. The van der Waals surface area contributed by atoms with Gasteiger partial charge in [0, 0.05) is 15.8 Å². The lowest BCUT2D eigenvalue weighted by Crippen LogP contribution is -2.30. The van der Waals surface area contributed by atoms with E-state index in [1.807, 2.05) is 13.8 Å². The Hall–Kier alpha value is -1.60. The third kappa shape index (κ3) is 3.49. The Bertz CT molecular complexity index is 603. The van der Waals surface area contributed by atoms with E-state index in [2.05, 4.69) is 34.1 Å². The zero-order valence-electron chi connectivity index (χ0n) is 11.7. The smallest absolute Gasteiger partial charge is 0.258 e. The molecule has 0 spiro atoms. The summed E-state index contributed by atoms with van der Waals surface area (Å²) in [6.07, 6.45) is 0. The van der Waals surface area contributed by atoms with E-state index >= 15 is 0 Å². The van der Waals surface area contributed by atoms with Crippen molar-refractivity contribution in [2.45, 2.75) is 33.4 Å². The van der Waals surface area contributed by atoms with Gasteiger partial charge in [-0.05, 0) is 44.4 Å². The van der Waals surface area contributed by atoms with Gasteiger partial charge in [0.1, 0.15) is 10.6 Å². The summed E-state index contributed by atoms with van der Waals surface area (Å²) in [6, 6.07) is 4.22. The minimum absolute atomic E-state index is 0.0644. The number of hydrogen-bond donors (Lipinski definition) is 3. The number of nitrogen functional groups attached to an aromatic ring is 1. The molecule has 2 aromatic heterocycles. The van der Waals surface area contributed by atoms with Crippen LogP contribution in [-0.2, 0) is 6.54 Å². The molecule has 2 heterocycles. The summed E-state index contributed by atoms with van der Waals surface area (Å²) in [5.41, 5.74) is 6.23. The van der Waals surface area contributed by atoms with E-state index in [-0.39, 0.29) is 17.8 Å². The van der Waals surface area contributed by atoms with Crippen molar-refractivity contribution in [2.75, 3.05) is 11.1 Å². The van der Waals surface area contributed by atoms with Crippen molar-refractivity contribution in [1.82, 2.24) is 9.69 Å². The van der Waals surface area contributed by atoms with E-state index in [1.54, 1.807) is 11.3 Å². The summed E-state index contributed by atoms with van der Waals surface area (Å²) in [5, 5.41) is 6.80. The fraction of sp³-hybridized carbons (Fsp3) is 0.385. The van der Waals surface area contributed by atoms with Gasteiger partial charge in [0.15, 0.2) is 5.82 Å². The molecule has 2 rings (SSSR count). The molecule has 0 aliphatic carbocycles. The summed E-state index contributed by atoms with van der Waals surface area (Å²) >= 11 is 2.94. The minimum atomic E-state index is -0.184. The van der Waals surface area contributed by atoms with Crippen LogP contribution in [-0.4, -0.2) is 16.3 Å². The Labute approximate surface area is 126 Å². The first-order valence-corrected chi connectivity index (χ1v) is 7.91. The van der Waals surface area contributed by atoms with Crippen molar-refractivity contribution in [1.29, 1.82) is 0 Å². The van der Waals surface area contributed by atoms with Gasteiger partial charge in [0.2, 0.25) is 0 Å². The second kappa shape index (κ2) is 6.23. The SMILES string of the molecule is Cc1ccc(CNc2snc(N)c2C(=O)NC(C)C)s1. The van der Waals surface area contributed by atoms with Gasteiger partial charge in [-0.3, -0.25) is 4.79 Å². The Morgan fingerprint density at radius 1 is 1.45 bits per heavy atom. The predicted molar refractivity (Wildman–Crippen MR) is 85.5 cm³/mol. The number of hydrogen-bond acceptors (Lipinski definition) is 6. The van der Waals surface area contributed by atoms with Crippen molar-refractivity contribution in [3.8, 4) is 0 Å². The molecule has 0 atom stereocenters. The lowest BCUT2D eigenvalue weighted by Gasteiger charge is -2.09. The molecule has 2 aromatic rings. The molecular weight excluding hydrogens is 292 g/mol. The summed E-state index contributed by atoms with van der Waals surface area (Å²) < 4.78 is 4.06. The minimum Gasteiger partial charge on any atom is -0.382 e. The number of carbonyl (C=O) groups excluding carboxylic acids is 1. The molecule has 20 heavy (non-hydrogen) atoms. The van der Waals surface area contributed by atoms with Gasteiger partial charge in [-0.15, -0.1) is 11.3 Å². The van der Waals surface area contributed by atoms with Gasteiger partial charge in [-0.25, -0.2) is 0 Å². The topological polar surface area (TPSA) is 80.0 Å². The van der Waals surface area contributed by atoms with Crippen LogP contribution in [0.15, 0.2) is 12.1 Å². The van der Waals surface area contributed by atoms with Crippen LogP contribution in [0.4, 0.5) is 10.8 Å². The predicted octanol–water partition coefficient (Wildman–Crippen LogP) is 2.85. The van der Waals surface area contributed by atoms with Crippen molar-refractivity contribution in [2.24, 2.45) is 0 Å². The van der Waals surface area contributed by atoms with Crippen LogP contribution in [0.25, 0.3) is 0 Å². The maximum absolute atomic E-state index is 12.1. The number of nitrogens with zero attached hydrogens (tertiary/aromatic N) is 1. The highest BCUT2D eigenvalue weighted by Gasteiger charge is 2.19. The van der Waals surface area contributed by atoms with Gasteiger partial charge in [-0.2, -0.15) is 4.37 Å². The van der Waals surface area contributed by atoms with Gasteiger partial charge in [0.05, 0.1) is 6.54 Å². The molecule has 0 unspecified atom stereocenters. The molecule has 0 saturated carbocycles. The number of amides is 1. The second-order valence-electron chi connectivity index (χ2n) is 4.77. The fourth-order valence-corrected chi connectivity index (χ4v) is 3.26. The molecule has 0 fully saturated rings. The van der Waals surface area contributed by atoms with Crippen LogP contribution in [0.1, 0.15) is 34.0 Å². The number of rotatable bonds is 5. The number of thiophene rings is 1. The largest absolute Gasteiger partial charge is 0.382 e. The summed E-state index contributed by atoms with van der Waals surface area (Å²) in [6.45, 7) is 6.56. The molecule has 4 N–H and O–H groups in total. The first kappa shape index (κ1) is 14.8. The Morgan fingerprint density at radius 3 is 2.80 bits per heavy atom. The van der Waals surface area contributed by atoms with Crippen molar-refractivity contribution >= 4 is 39.6 Å². The monoisotopic (exact) mass is 310 g/mol. The molecule has 1 amide bonds. The third-order valence-corrected chi connectivity index (χ3v) is 4.40. The summed E-state index contributed by atoms with van der Waals surface area (Å²) in [5.74, 6) is 0.0918. The van der Waals surface area contributed by atoms with Crippen LogP contribution >= 0.6 is 22.9 Å². The number of nitrogens with two attached hydrogens (primary N) is 1. The van der Waals surface area contributed by atoms with Gasteiger partial charge >= 0.3 is 0 Å². The van der Waals surface area contributed by atoms with Gasteiger partial charge in [0.25, 0.3) is 5.91 Å². The average molecular weight is 310 g/mol. The van der Waals surface area contributed by atoms with E-state index in [0.29, 0.717) is 17.1 Å². The highest BCUT2D eigenvalue weighted by atomic mass is 32.1. The van der Waals surface area contributed by atoms with Crippen molar-refractivity contribution < 1.29 is 4.79 Å². The number of aromatic nitrogens is 1. The Kier molecular flexibility index (Phi) is 4.61. The van der Waals surface area contributed by atoms with Crippen molar-refractivity contribution in [3.05, 3.63) is 27.5 Å². The number of anilines is 2. The van der Waals surface area contributed by atoms with Crippen LogP contribution in [0.2, 0.25) is 0 Å². The standard InChI is InChI=1S/C13H18N4OS2/c1-7(2)16-12(18)10-11(14)17-20-13(10)15-6-9-5-4-8(3)19-9/h4-5,7,15H,6H2,1-3H3,(H2,14,17)(H,16,18). The van der Waals surface area contributed by atoms with Crippen LogP contribution in [0.3, 0.4) is 0 Å². The normalized spacial score (nSPS) is 10.8. The first-order valence-electron chi connectivity index (χ1n) is 6.32. The van der Waals surface area contributed by atoms with Gasteiger partial charge < -0.3 is 16.4 Å². The van der Waals surface area contributed by atoms with Crippen molar-refractivity contribution in [3.63, 3.8) is 0 Å². The van der Waals surface area contributed by atoms with E-state index in [9.17, 15) is 4.79 Å². The molecular formula is C13H18N4OS2. The summed E-state index contributed by atoms with van der Waals surface area (Å²) in [4.78, 5) is 14.6. The number of nitrogens with one attached hydrogen (secondary N) is 2. The molecule has 0 aliphatic rings. The Balaban J connectivity index is 2.10. The lowest BCUT2D eigenvalue weighted by atomic mass is 10.2. The van der Waals surface area contributed by atoms with Crippen LogP contribution in [0, 0.1) is 6.92 Å². The molecule has 7 heteroatoms. The van der Waals surface area contributed by atoms with E-state index in [1.165, 1.54) is 21.3 Å². The van der Waals surface area contributed by atoms with Crippen LogP contribution < -0.4 is 16.4 Å². The maximum atomic E-state index is 12.1. The molecule has 0 bridgehead atoms. The van der Waals surface area contributed by atoms with E-state index in [4.69, 9.17) is 5.73 Å². The van der Waals surface area contributed by atoms with E-state index in [0.717, 1.165) is 0 Å². The second-order valence-corrected chi connectivity index (χ2v) is 6.91. The van der Waals surface area contributed by atoms with Crippen LogP contribution in [0.5, 0.6) is 0 Å². The third-order valence-electron chi connectivity index (χ3n) is 2.58. The summed E-state index contributed by atoms with van der Waals surface area (Å²) in [7, 11) is 0. The molecule has 0 saturated heterocycles. The quantitative estimate of drug-likeness (QED) is 0.793. The number of carbonyl (C=O) groups is 1. The highest BCUT2D eigenvalue weighted by Crippen LogP contribution is 2.28. The zero-order valence-corrected chi connectivity index (χ0v) is 13.3.